The average molecular weight is 301 g/mol. The van der Waals surface area contributed by atoms with E-state index in [9.17, 15) is 14.7 Å². The number of rotatable bonds is 5. The minimum atomic E-state index is -1.59. The fraction of sp³-hybridized carbons (Fsp3) is 0.333. The van der Waals surface area contributed by atoms with Crippen LogP contribution in [-0.4, -0.2) is 22.0 Å². The number of aliphatic hydroxyl groups is 1. The van der Waals surface area contributed by atoms with Crippen molar-refractivity contribution in [2.45, 2.75) is 24.8 Å². The molecule has 1 unspecified atom stereocenters. The molecule has 92 valence electrons. The molecule has 0 saturated carbocycles. The highest BCUT2D eigenvalue weighted by Crippen LogP contribution is 2.24. The lowest BCUT2D eigenvalue weighted by Gasteiger charge is -2.14. The summed E-state index contributed by atoms with van der Waals surface area (Å²) in [7, 11) is 0. The summed E-state index contributed by atoms with van der Waals surface area (Å²) in [5.74, 6) is -1.39. The minimum Gasteiger partial charge on any atom is -0.479 e. The van der Waals surface area contributed by atoms with E-state index in [2.05, 4.69) is 15.9 Å². The molecule has 0 amide bonds. The molecule has 5 heteroatoms. The van der Waals surface area contributed by atoms with E-state index in [1.807, 2.05) is 0 Å². The molecule has 0 aromatic heterocycles. The van der Waals surface area contributed by atoms with Gasteiger partial charge in [-0.2, -0.15) is 0 Å². The summed E-state index contributed by atoms with van der Waals surface area (Å²) < 4.78 is 0. The molecule has 0 aliphatic carbocycles. The number of carbonyl (C=O) groups excluding carboxylic acids is 1. The summed E-state index contributed by atoms with van der Waals surface area (Å²) in [5.41, 5.74) is 1.69. The second-order valence-corrected chi connectivity index (χ2v) is 4.30. The minimum absolute atomic E-state index is 0.0720. The van der Waals surface area contributed by atoms with Crippen LogP contribution >= 0.6 is 15.9 Å². The molecule has 1 aromatic carbocycles. The largest absolute Gasteiger partial charge is 0.479 e. The molecule has 0 spiro atoms. The molecule has 0 fully saturated rings. The van der Waals surface area contributed by atoms with Gasteiger partial charge in [-0.15, -0.1) is 0 Å². The first-order valence-electron chi connectivity index (χ1n) is 5.04. The van der Waals surface area contributed by atoms with Gasteiger partial charge in [-0.1, -0.05) is 34.1 Å². The lowest BCUT2D eigenvalue weighted by atomic mass is 9.94. The first-order valence-corrected chi connectivity index (χ1v) is 6.16. The molecule has 0 saturated heterocycles. The van der Waals surface area contributed by atoms with E-state index in [0.29, 0.717) is 10.9 Å². The first kappa shape index (κ1) is 13.9. The second kappa shape index (κ2) is 5.93. The summed E-state index contributed by atoms with van der Waals surface area (Å²) in [6, 6.07) is 5.00. The van der Waals surface area contributed by atoms with Crippen molar-refractivity contribution in [3.8, 4) is 0 Å². The van der Waals surface area contributed by atoms with Crippen LogP contribution in [0.15, 0.2) is 18.2 Å². The van der Waals surface area contributed by atoms with E-state index in [1.54, 1.807) is 12.1 Å². The predicted octanol–water partition coefficient (Wildman–Crippen LogP) is 1.83. The van der Waals surface area contributed by atoms with E-state index in [0.717, 1.165) is 5.56 Å². The van der Waals surface area contributed by atoms with Crippen LogP contribution in [-0.2, 0) is 21.3 Å². The maximum Gasteiger partial charge on any atom is 0.337 e. The fourth-order valence-electron chi connectivity index (χ4n) is 1.63. The molecule has 2 N–H and O–H groups in total. The molecule has 1 atom stereocenters. The number of aliphatic carboxylic acids is 1. The number of Topliss-reactive ketones (excluding diaryl/α,β-unsaturated/α-hetero) is 1. The number of ketones is 1. The Morgan fingerprint density at radius 1 is 1.41 bits per heavy atom. The number of halogens is 1. The van der Waals surface area contributed by atoms with E-state index < -0.39 is 12.1 Å². The van der Waals surface area contributed by atoms with Gasteiger partial charge in [0.25, 0.3) is 0 Å². The number of carboxylic acid groups (broad SMARTS) is 1. The summed E-state index contributed by atoms with van der Waals surface area (Å²) >= 11 is 3.28. The molecular weight excluding hydrogens is 288 g/mol. The highest BCUT2D eigenvalue weighted by molar-refractivity contribution is 9.08. The van der Waals surface area contributed by atoms with Gasteiger partial charge in [-0.25, -0.2) is 4.79 Å². The van der Waals surface area contributed by atoms with Gasteiger partial charge in [0, 0.05) is 11.8 Å². The van der Waals surface area contributed by atoms with Crippen LogP contribution in [0.5, 0.6) is 0 Å². The zero-order chi connectivity index (χ0) is 13.0. The van der Waals surface area contributed by atoms with Crippen LogP contribution in [0.1, 0.15) is 29.7 Å². The molecule has 1 aromatic rings. The molecule has 0 aliphatic heterocycles. The molecule has 1 rings (SSSR count). The van der Waals surface area contributed by atoms with Gasteiger partial charge in [-0.05, 0) is 23.6 Å². The normalized spacial score (nSPS) is 12.2. The smallest absolute Gasteiger partial charge is 0.337 e. The van der Waals surface area contributed by atoms with Crippen LogP contribution in [0.4, 0.5) is 0 Å². The van der Waals surface area contributed by atoms with Gasteiger partial charge >= 0.3 is 5.97 Å². The van der Waals surface area contributed by atoms with Crippen LogP contribution in [0.25, 0.3) is 0 Å². The van der Waals surface area contributed by atoms with Gasteiger partial charge in [0.15, 0.2) is 6.10 Å². The molecule has 17 heavy (non-hydrogen) atoms. The number of carbonyl (C=O) groups is 2. The number of aliphatic hydroxyl groups excluding tert-OH is 1. The van der Waals surface area contributed by atoms with E-state index in [1.165, 1.54) is 13.0 Å². The average Bonchev–Trinajstić information content (AvgIpc) is 2.27. The summed E-state index contributed by atoms with van der Waals surface area (Å²) in [6.45, 7) is 1.43. The van der Waals surface area contributed by atoms with Crippen molar-refractivity contribution in [3.63, 3.8) is 0 Å². The molecule has 0 bridgehead atoms. The maximum absolute atomic E-state index is 11.2. The Hall–Kier alpha value is -1.20. The molecule has 0 aliphatic rings. The Kier molecular flexibility index (Phi) is 4.84. The number of alkyl halides is 1. The molecular formula is C12H13BrO4. The van der Waals surface area contributed by atoms with Crippen LogP contribution in [0.3, 0.4) is 0 Å². The lowest BCUT2D eigenvalue weighted by molar-refractivity contribution is -0.147. The van der Waals surface area contributed by atoms with Crippen molar-refractivity contribution in [1.29, 1.82) is 0 Å². The Balaban J connectivity index is 3.28. The molecule has 0 radical (unpaired) electrons. The van der Waals surface area contributed by atoms with Crippen LogP contribution < -0.4 is 0 Å². The summed E-state index contributed by atoms with van der Waals surface area (Å²) in [6.07, 6.45) is -1.47. The predicted molar refractivity (Wildman–Crippen MR) is 66.1 cm³/mol. The molecule has 4 nitrogen and oxygen atoms in total. The number of carboxylic acids is 1. The van der Waals surface area contributed by atoms with Crippen molar-refractivity contribution in [1.82, 2.24) is 0 Å². The lowest BCUT2D eigenvalue weighted by Crippen LogP contribution is -2.15. The third-order valence-corrected chi connectivity index (χ3v) is 3.01. The topological polar surface area (TPSA) is 74.6 Å². The van der Waals surface area contributed by atoms with Gasteiger partial charge in [0.2, 0.25) is 0 Å². The quantitative estimate of drug-likeness (QED) is 0.814. The van der Waals surface area contributed by atoms with Gasteiger partial charge in [0.05, 0.1) is 0 Å². The monoisotopic (exact) mass is 300 g/mol. The standard InChI is InChI=1S/C12H13BrO4/c1-7(14)5-10-8(6-13)3-2-4-9(10)11(15)12(16)17/h2-4,11,15H,5-6H2,1H3,(H,16,17). The van der Waals surface area contributed by atoms with Gasteiger partial charge < -0.3 is 10.2 Å². The number of benzene rings is 1. The van der Waals surface area contributed by atoms with Crippen molar-refractivity contribution in [2.75, 3.05) is 0 Å². The SMILES string of the molecule is CC(=O)Cc1c(CBr)cccc1C(O)C(=O)O. The fourth-order valence-corrected chi connectivity index (χ4v) is 2.16. The number of hydrogen-bond donors (Lipinski definition) is 2. The number of hydrogen-bond acceptors (Lipinski definition) is 3. The van der Waals surface area contributed by atoms with Crippen LogP contribution in [0, 0.1) is 0 Å². The molecule has 0 heterocycles. The van der Waals surface area contributed by atoms with Gasteiger partial charge in [0.1, 0.15) is 5.78 Å². The van der Waals surface area contributed by atoms with E-state index in [4.69, 9.17) is 5.11 Å². The highest BCUT2D eigenvalue weighted by atomic mass is 79.9. The van der Waals surface area contributed by atoms with Crippen LogP contribution in [0.2, 0.25) is 0 Å². The first-order chi connectivity index (χ1) is 7.97. The third kappa shape index (κ3) is 3.38. The highest BCUT2D eigenvalue weighted by Gasteiger charge is 2.21. The third-order valence-electron chi connectivity index (χ3n) is 2.41. The Labute approximate surface area is 107 Å². The maximum atomic E-state index is 11.2. The Morgan fingerprint density at radius 3 is 2.53 bits per heavy atom. The van der Waals surface area contributed by atoms with Gasteiger partial charge in [-0.3, -0.25) is 4.79 Å². The Morgan fingerprint density at radius 2 is 2.06 bits per heavy atom. The summed E-state index contributed by atoms with van der Waals surface area (Å²) in [5, 5.41) is 18.9. The van der Waals surface area contributed by atoms with Crippen molar-refractivity contribution in [3.05, 3.63) is 34.9 Å². The summed E-state index contributed by atoms with van der Waals surface area (Å²) in [4.78, 5) is 22.0. The second-order valence-electron chi connectivity index (χ2n) is 3.74. The van der Waals surface area contributed by atoms with E-state index in [-0.39, 0.29) is 17.8 Å². The van der Waals surface area contributed by atoms with Crippen molar-refractivity contribution < 1.29 is 19.8 Å². The van der Waals surface area contributed by atoms with Crippen molar-refractivity contribution in [2.24, 2.45) is 0 Å². The van der Waals surface area contributed by atoms with E-state index >= 15 is 0 Å². The zero-order valence-corrected chi connectivity index (χ0v) is 10.9. The van der Waals surface area contributed by atoms with Crippen molar-refractivity contribution >= 4 is 27.7 Å². The zero-order valence-electron chi connectivity index (χ0n) is 9.31. The Bertz CT molecular complexity index is 442.